The highest BCUT2D eigenvalue weighted by molar-refractivity contribution is 5.89. The lowest BCUT2D eigenvalue weighted by molar-refractivity contribution is 0.249. The van der Waals surface area contributed by atoms with Gasteiger partial charge in [-0.15, -0.1) is 14.1 Å². The SMILES string of the molecule is [CH2-][N+](c1ccccc1N(c1ccccc1)c1ccccc1[N+]([CH2-])(C(C)C)C(C)C)(C(C)C)C(C)C. The third kappa shape index (κ3) is 4.77. The molecule has 0 fully saturated rings. The summed E-state index contributed by atoms with van der Waals surface area (Å²) in [5.74, 6) is 0. The number of hydrogen-bond donors (Lipinski definition) is 0. The number of para-hydroxylation sites is 5. The smallest absolute Gasteiger partial charge is 0.131 e. The van der Waals surface area contributed by atoms with Gasteiger partial charge in [0.05, 0.1) is 24.2 Å². The maximum atomic E-state index is 4.79. The van der Waals surface area contributed by atoms with E-state index in [1.54, 1.807) is 0 Å². The fraction of sp³-hybridized carbons (Fsp3) is 0.375. The van der Waals surface area contributed by atoms with E-state index < -0.39 is 0 Å². The normalized spacial score (nSPS) is 12.7. The standard InChI is InChI=1S/C32H45N3/c1-24(2)34(9,25(3)4)31-22-16-14-20-29(31)33(28-18-12-11-13-19-28)30-21-15-17-23-32(30)35(10,26(5)6)27(7)8/h11-27H,9-10H2,1-8H3. The van der Waals surface area contributed by atoms with Crippen LogP contribution in [0.5, 0.6) is 0 Å². The molecular weight excluding hydrogens is 426 g/mol. The van der Waals surface area contributed by atoms with E-state index in [2.05, 4.69) is 139 Å². The van der Waals surface area contributed by atoms with Gasteiger partial charge in [-0.3, -0.25) is 4.90 Å². The molecule has 0 aliphatic rings. The molecule has 0 aromatic heterocycles. The summed E-state index contributed by atoms with van der Waals surface area (Å²) in [4.78, 5) is 2.41. The molecule has 0 amide bonds. The fourth-order valence-corrected chi connectivity index (χ4v) is 5.30. The Morgan fingerprint density at radius 3 is 1.14 bits per heavy atom. The maximum Gasteiger partial charge on any atom is 0.131 e. The van der Waals surface area contributed by atoms with Gasteiger partial charge >= 0.3 is 0 Å². The quantitative estimate of drug-likeness (QED) is 0.222. The van der Waals surface area contributed by atoms with Crippen LogP contribution in [-0.2, 0) is 0 Å². The van der Waals surface area contributed by atoms with Gasteiger partial charge in [-0.1, -0.05) is 42.5 Å². The van der Waals surface area contributed by atoms with Crippen LogP contribution in [0.15, 0.2) is 78.9 Å². The van der Waals surface area contributed by atoms with Crippen LogP contribution in [0.25, 0.3) is 0 Å². The molecular formula is C32H45N3. The van der Waals surface area contributed by atoms with E-state index >= 15 is 0 Å². The zero-order chi connectivity index (χ0) is 26.0. The molecule has 0 spiro atoms. The zero-order valence-corrected chi connectivity index (χ0v) is 23.1. The van der Waals surface area contributed by atoms with E-state index in [4.69, 9.17) is 14.1 Å². The van der Waals surface area contributed by atoms with Crippen LogP contribution in [0.1, 0.15) is 55.4 Å². The average molecular weight is 472 g/mol. The van der Waals surface area contributed by atoms with Gasteiger partial charge in [-0.25, -0.2) is 0 Å². The average Bonchev–Trinajstić information content (AvgIpc) is 2.84. The van der Waals surface area contributed by atoms with E-state index in [-0.39, 0.29) is 0 Å². The largest absolute Gasteiger partial charge is 0.418 e. The predicted molar refractivity (Wildman–Crippen MR) is 156 cm³/mol. The van der Waals surface area contributed by atoms with Crippen molar-refractivity contribution >= 4 is 28.4 Å². The molecule has 0 saturated heterocycles. The Morgan fingerprint density at radius 2 is 0.800 bits per heavy atom. The van der Waals surface area contributed by atoms with Crippen LogP contribution in [-0.4, -0.2) is 24.2 Å². The summed E-state index contributed by atoms with van der Waals surface area (Å²) in [5, 5.41) is 0. The van der Waals surface area contributed by atoms with Crippen molar-refractivity contribution in [2.75, 3.05) is 4.90 Å². The van der Waals surface area contributed by atoms with Crippen LogP contribution in [0.4, 0.5) is 28.4 Å². The molecule has 3 heteroatoms. The van der Waals surface area contributed by atoms with Gasteiger partial charge in [-0.2, -0.15) is 0 Å². The van der Waals surface area contributed by atoms with Gasteiger partial charge in [0, 0.05) is 5.69 Å². The van der Waals surface area contributed by atoms with Crippen LogP contribution in [0.3, 0.4) is 0 Å². The van der Waals surface area contributed by atoms with E-state index in [0.717, 1.165) is 17.1 Å². The molecule has 3 rings (SSSR count). The summed E-state index contributed by atoms with van der Waals surface area (Å²) in [5.41, 5.74) is 5.87. The Balaban J connectivity index is 2.41. The number of quaternary nitrogens is 2. The molecule has 0 N–H and O–H groups in total. The molecule has 188 valence electrons. The van der Waals surface area contributed by atoms with E-state index in [9.17, 15) is 0 Å². The molecule has 35 heavy (non-hydrogen) atoms. The first-order valence-corrected chi connectivity index (χ1v) is 13.0. The molecule has 0 atom stereocenters. The van der Waals surface area contributed by atoms with Gasteiger partial charge in [0.15, 0.2) is 0 Å². The van der Waals surface area contributed by atoms with Crippen molar-refractivity contribution in [1.29, 1.82) is 0 Å². The second kappa shape index (κ2) is 10.6. The third-order valence-electron chi connectivity index (χ3n) is 7.84. The van der Waals surface area contributed by atoms with E-state index in [1.165, 1.54) is 11.4 Å². The Hall–Kier alpha value is -2.62. The Labute approximate surface area is 214 Å². The zero-order valence-electron chi connectivity index (χ0n) is 23.1. The van der Waals surface area contributed by atoms with Gasteiger partial charge in [-0.05, 0) is 91.8 Å². The molecule has 0 unspecified atom stereocenters. The Morgan fingerprint density at radius 1 is 0.486 bits per heavy atom. The number of anilines is 3. The van der Waals surface area contributed by atoms with Crippen molar-refractivity contribution in [1.82, 2.24) is 8.97 Å². The lowest BCUT2D eigenvalue weighted by Gasteiger charge is -2.52. The van der Waals surface area contributed by atoms with E-state index in [0.29, 0.717) is 33.1 Å². The van der Waals surface area contributed by atoms with Gasteiger partial charge in [0.25, 0.3) is 0 Å². The van der Waals surface area contributed by atoms with Gasteiger partial charge in [0.2, 0.25) is 0 Å². The van der Waals surface area contributed by atoms with Crippen molar-refractivity contribution in [2.24, 2.45) is 0 Å². The molecule has 0 heterocycles. The number of rotatable bonds is 9. The lowest BCUT2D eigenvalue weighted by Crippen LogP contribution is -2.55. The second-order valence-electron chi connectivity index (χ2n) is 10.9. The Kier molecular flexibility index (Phi) is 8.14. The molecule has 3 aromatic rings. The van der Waals surface area contributed by atoms with Crippen molar-refractivity contribution < 1.29 is 0 Å². The minimum atomic E-state index is 0.318. The molecule has 0 bridgehead atoms. The highest BCUT2D eigenvalue weighted by Crippen LogP contribution is 2.48. The number of hydrogen-bond acceptors (Lipinski definition) is 1. The minimum absolute atomic E-state index is 0.318. The van der Waals surface area contributed by atoms with Crippen LogP contribution in [0.2, 0.25) is 0 Å². The molecule has 3 nitrogen and oxygen atoms in total. The summed E-state index contributed by atoms with van der Waals surface area (Å²) in [6, 6.07) is 29.5. The molecule has 0 radical (unpaired) electrons. The maximum absolute atomic E-state index is 4.79. The van der Waals surface area contributed by atoms with Crippen molar-refractivity contribution in [2.45, 2.75) is 79.6 Å². The first-order valence-electron chi connectivity index (χ1n) is 13.0. The van der Waals surface area contributed by atoms with Crippen molar-refractivity contribution in [3.8, 4) is 0 Å². The number of nitrogens with zero attached hydrogens (tertiary/aromatic N) is 3. The monoisotopic (exact) mass is 471 g/mol. The minimum Gasteiger partial charge on any atom is -0.418 e. The summed E-state index contributed by atoms with van der Waals surface area (Å²) in [7, 11) is 9.58. The molecule has 0 saturated carbocycles. The molecule has 0 aliphatic carbocycles. The summed E-state index contributed by atoms with van der Waals surface area (Å²) < 4.78 is 1.20. The van der Waals surface area contributed by atoms with Gasteiger partial charge < -0.3 is 8.97 Å². The second-order valence-corrected chi connectivity index (χ2v) is 10.9. The van der Waals surface area contributed by atoms with Crippen LogP contribution < -0.4 is 13.9 Å². The fourth-order valence-electron chi connectivity index (χ4n) is 5.30. The van der Waals surface area contributed by atoms with Gasteiger partial charge in [0.1, 0.15) is 22.7 Å². The summed E-state index contributed by atoms with van der Waals surface area (Å²) in [6.07, 6.45) is 0. The van der Waals surface area contributed by atoms with Crippen molar-refractivity contribution in [3.63, 3.8) is 0 Å². The van der Waals surface area contributed by atoms with E-state index in [1.807, 2.05) is 0 Å². The Bertz CT molecular complexity index is 1010. The topological polar surface area (TPSA) is 3.24 Å². The predicted octanol–water partition coefficient (Wildman–Crippen LogP) is 8.99. The highest BCUT2D eigenvalue weighted by Gasteiger charge is 2.35. The number of benzene rings is 3. The van der Waals surface area contributed by atoms with Crippen molar-refractivity contribution in [3.05, 3.63) is 93.0 Å². The summed E-state index contributed by atoms with van der Waals surface area (Å²) in [6.45, 7) is 18.1. The highest BCUT2D eigenvalue weighted by atomic mass is 15.4. The van der Waals surface area contributed by atoms with Crippen LogP contribution in [0, 0.1) is 14.1 Å². The lowest BCUT2D eigenvalue weighted by atomic mass is 10.0. The molecule has 3 aromatic carbocycles. The third-order valence-corrected chi connectivity index (χ3v) is 7.84. The molecule has 0 aliphatic heterocycles. The summed E-state index contributed by atoms with van der Waals surface area (Å²) >= 11 is 0. The first-order chi connectivity index (χ1) is 16.5. The first kappa shape index (κ1) is 27.0. The van der Waals surface area contributed by atoms with Crippen LogP contribution >= 0.6 is 0 Å².